The number of hydrogen-bond acceptors (Lipinski definition) is 3. The van der Waals surface area contributed by atoms with Crippen molar-refractivity contribution in [1.82, 2.24) is 0 Å². The smallest absolute Gasteiger partial charge is 0.387 e. The zero-order valence-electron chi connectivity index (χ0n) is 11.3. The Hall–Kier alpha value is -0.920. The third kappa shape index (κ3) is 5.76. The number of benzene rings is 1. The van der Waals surface area contributed by atoms with Gasteiger partial charge in [0.2, 0.25) is 5.91 Å². The van der Waals surface area contributed by atoms with Crippen molar-refractivity contribution in [3.8, 4) is 5.75 Å². The van der Waals surface area contributed by atoms with Crippen LogP contribution in [-0.2, 0) is 4.79 Å². The maximum absolute atomic E-state index is 12.4. The van der Waals surface area contributed by atoms with E-state index in [0.29, 0.717) is 6.42 Å². The minimum atomic E-state index is -3.02. The molecule has 0 spiro atoms. The second kappa shape index (κ2) is 8.51. The largest absolute Gasteiger partial charge is 0.431 e. The molecule has 1 rings (SSSR count). The molecular formula is C13H16BrClF2N2O2. The molecule has 0 bridgehead atoms. The first-order valence-electron chi connectivity index (χ1n) is 6.35. The quantitative estimate of drug-likeness (QED) is 0.741. The van der Waals surface area contributed by atoms with Gasteiger partial charge in [-0.1, -0.05) is 31.4 Å². The number of hydrogen-bond donors (Lipinski definition) is 2. The molecule has 4 nitrogen and oxygen atoms in total. The van der Waals surface area contributed by atoms with Crippen LogP contribution in [0, 0.1) is 0 Å². The number of carbonyl (C=O) groups is 1. The van der Waals surface area contributed by atoms with Crippen molar-refractivity contribution in [2.45, 2.75) is 38.8 Å². The highest BCUT2D eigenvalue weighted by molar-refractivity contribution is 9.10. The summed E-state index contributed by atoms with van der Waals surface area (Å²) in [5, 5.41) is 2.73. The molecule has 118 valence electrons. The topological polar surface area (TPSA) is 64.4 Å². The highest BCUT2D eigenvalue weighted by Gasteiger charge is 2.19. The van der Waals surface area contributed by atoms with Crippen molar-refractivity contribution < 1.29 is 18.3 Å². The van der Waals surface area contributed by atoms with Gasteiger partial charge in [-0.2, -0.15) is 8.78 Å². The fourth-order valence-corrected chi connectivity index (χ4v) is 2.55. The van der Waals surface area contributed by atoms with Crippen LogP contribution < -0.4 is 15.8 Å². The van der Waals surface area contributed by atoms with Gasteiger partial charge in [-0.05, 0) is 34.5 Å². The first kappa shape index (κ1) is 18.1. The number of alkyl halides is 2. The highest BCUT2D eigenvalue weighted by Crippen LogP contribution is 2.37. The molecule has 0 saturated heterocycles. The SMILES string of the molecule is CCCC[C@H](N)C(=O)Nc1cc(Cl)cc(Br)c1OC(F)F. The highest BCUT2D eigenvalue weighted by atomic mass is 79.9. The Labute approximate surface area is 135 Å². The number of unbranched alkanes of at least 4 members (excludes halogenated alkanes) is 1. The Bertz CT molecular complexity index is 503. The lowest BCUT2D eigenvalue weighted by atomic mass is 10.1. The molecular weight excluding hydrogens is 370 g/mol. The molecule has 0 aromatic heterocycles. The molecule has 21 heavy (non-hydrogen) atoms. The van der Waals surface area contributed by atoms with E-state index in [1.807, 2.05) is 6.92 Å². The Kier molecular flexibility index (Phi) is 7.34. The Morgan fingerprint density at radius 3 is 2.76 bits per heavy atom. The van der Waals surface area contributed by atoms with E-state index >= 15 is 0 Å². The predicted octanol–water partition coefficient (Wildman–Crippen LogP) is 4.16. The molecule has 0 unspecified atom stereocenters. The Morgan fingerprint density at radius 2 is 2.19 bits per heavy atom. The predicted molar refractivity (Wildman–Crippen MR) is 81.9 cm³/mol. The van der Waals surface area contributed by atoms with E-state index in [-0.39, 0.29) is 20.9 Å². The summed E-state index contributed by atoms with van der Waals surface area (Å²) in [5.74, 6) is -0.665. The molecule has 8 heteroatoms. The molecule has 3 N–H and O–H groups in total. The summed E-state index contributed by atoms with van der Waals surface area (Å²) < 4.78 is 29.5. The van der Waals surface area contributed by atoms with Crippen LogP contribution in [0.4, 0.5) is 14.5 Å². The van der Waals surface area contributed by atoms with Crippen molar-refractivity contribution in [2.75, 3.05) is 5.32 Å². The number of amides is 1. The van der Waals surface area contributed by atoms with Crippen LogP contribution in [0.5, 0.6) is 5.75 Å². The van der Waals surface area contributed by atoms with E-state index < -0.39 is 18.6 Å². The van der Waals surface area contributed by atoms with Crippen LogP contribution in [0.3, 0.4) is 0 Å². The lowest BCUT2D eigenvalue weighted by Gasteiger charge is -2.16. The summed E-state index contributed by atoms with van der Waals surface area (Å²) in [5.41, 5.74) is 5.78. The molecule has 0 saturated carbocycles. The molecule has 0 aliphatic heterocycles. The van der Waals surface area contributed by atoms with Crippen molar-refractivity contribution in [2.24, 2.45) is 5.73 Å². The third-order valence-corrected chi connectivity index (χ3v) is 3.49. The second-order valence-corrected chi connectivity index (χ2v) is 5.67. The number of halogens is 4. The van der Waals surface area contributed by atoms with Crippen LogP contribution >= 0.6 is 27.5 Å². The van der Waals surface area contributed by atoms with Gasteiger partial charge in [0.25, 0.3) is 0 Å². The standard InChI is InChI=1S/C13H16BrClF2N2O2/c1-2-3-4-9(18)12(20)19-10-6-7(15)5-8(14)11(10)21-13(16)17/h5-6,9,13H,2-4,18H2,1H3,(H,19,20)/t9-/m0/s1. The van der Waals surface area contributed by atoms with Gasteiger partial charge in [0, 0.05) is 5.02 Å². The number of anilines is 1. The number of nitrogens with two attached hydrogens (primary N) is 1. The zero-order chi connectivity index (χ0) is 16.0. The zero-order valence-corrected chi connectivity index (χ0v) is 13.7. The van der Waals surface area contributed by atoms with Gasteiger partial charge >= 0.3 is 6.61 Å². The minimum Gasteiger partial charge on any atom is -0.431 e. The average molecular weight is 386 g/mol. The maximum atomic E-state index is 12.4. The fourth-order valence-electron chi connectivity index (χ4n) is 1.64. The summed E-state index contributed by atoms with van der Waals surface area (Å²) in [6.45, 7) is -1.04. The monoisotopic (exact) mass is 384 g/mol. The van der Waals surface area contributed by atoms with E-state index in [0.717, 1.165) is 12.8 Å². The first-order valence-corrected chi connectivity index (χ1v) is 7.52. The molecule has 0 aliphatic rings. The summed E-state index contributed by atoms with van der Waals surface area (Å²) >= 11 is 8.92. The number of rotatable bonds is 7. The summed E-state index contributed by atoms with van der Waals surface area (Å²) in [7, 11) is 0. The molecule has 1 aromatic carbocycles. The number of carbonyl (C=O) groups excluding carboxylic acids is 1. The maximum Gasteiger partial charge on any atom is 0.387 e. The first-order chi connectivity index (χ1) is 9.85. The normalized spacial score (nSPS) is 12.3. The third-order valence-electron chi connectivity index (χ3n) is 2.68. The van der Waals surface area contributed by atoms with Crippen molar-refractivity contribution in [3.05, 3.63) is 21.6 Å². The Balaban J connectivity index is 2.93. The molecule has 0 radical (unpaired) electrons. The van der Waals surface area contributed by atoms with E-state index in [1.54, 1.807) is 0 Å². The van der Waals surface area contributed by atoms with Crippen LogP contribution in [0.15, 0.2) is 16.6 Å². The molecule has 0 fully saturated rings. The molecule has 1 amide bonds. The summed E-state index contributed by atoms with van der Waals surface area (Å²) in [6.07, 6.45) is 2.22. The Morgan fingerprint density at radius 1 is 1.52 bits per heavy atom. The van der Waals surface area contributed by atoms with Crippen LogP contribution in [0.2, 0.25) is 5.02 Å². The van der Waals surface area contributed by atoms with E-state index in [9.17, 15) is 13.6 Å². The van der Waals surface area contributed by atoms with Crippen LogP contribution in [0.25, 0.3) is 0 Å². The van der Waals surface area contributed by atoms with E-state index in [1.165, 1.54) is 12.1 Å². The summed E-state index contributed by atoms with van der Waals surface area (Å²) in [6, 6.07) is 2.00. The van der Waals surface area contributed by atoms with Gasteiger partial charge in [-0.15, -0.1) is 0 Å². The van der Waals surface area contributed by atoms with Crippen molar-refractivity contribution in [1.29, 1.82) is 0 Å². The van der Waals surface area contributed by atoms with Gasteiger partial charge in [0.15, 0.2) is 5.75 Å². The van der Waals surface area contributed by atoms with Crippen molar-refractivity contribution >= 4 is 39.1 Å². The molecule has 1 aromatic rings. The van der Waals surface area contributed by atoms with Gasteiger partial charge in [-0.25, -0.2) is 0 Å². The van der Waals surface area contributed by atoms with Crippen LogP contribution in [-0.4, -0.2) is 18.6 Å². The second-order valence-electron chi connectivity index (χ2n) is 4.38. The van der Waals surface area contributed by atoms with Gasteiger partial charge < -0.3 is 15.8 Å². The molecule has 0 heterocycles. The summed E-state index contributed by atoms with van der Waals surface area (Å²) in [4.78, 5) is 11.9. The fraction of sp³-hybridized carbons (Fsp3) is 0.462. The molecule has 0 aliphatic carbocycles. The lowest BCUT2D eigenvalue weighted by molar-refractivity contribution is -0.117. The lowest BCUT2D eigenvalue weighted by Crippen LogP contribution is -2.35. The van der Waals surface area contributed by atoms with E-state index in [4.69, 9.17) is 17.3 Å². The average Bonchev–Trinajstić information content (AvgIpc) is 2.39. The van der Waals surface area contributed by atoms with Crippen LogP contribution in [0.1, 0.15) is 26.2 Å². The van der Waals surface area contributed by atoms with Gasteiger partial charge in [-0.3, -0.25) is 4.79 Å². The van der Waals surface area contributed by atoms with E-state index in [2.05, 4.69) is 26.0 Å². The molecule has 1 atom stereocenters. The van der Waals surface area contributed by atoms with Crippen molar-refractivity contribution in [3.63, 3.8) is 0 Å². The van der Waals surface area contributed by atoms with Gasteiger partial charge in [0.1, 0.15) is 0 Å². The minimum absolute atomic E-state index is 0.0478. The van der Waals surface area contributed by atoms with Gasteiger partial charge in [0.05, 0.1) is 16.2 Å². The number of nitrogens with one attached hydrogen (secondary N) is 1. The number of ether oxygens (including phenoxy) is 1.